The minimum absolute atomic E-state index is 0.0468. The van der Waals surface area contributed by atoms with E-state index < -0.39 is 61.1 Å². The van der Waals surface area contributed by atoms with Crippen molar-refractivity contribution in [3.8, 4) is 28.4 Å². The highest BCUT2D eigenvalue weighted by Crippen LogP contribution is 2.38. The number of nitrogens with one attached hydrogen (secondary N) is 5. The Morgan fingerprint density at radius 3 is 2.31 bits per heavy atom. The van der Waals surface area contributed by atoms with Gasteiger partial charge in [0.15, 0.2) is 0 Å². The van der Waals surface area contributed by atoms with Gasteiger partial charge in [0.1, 0.15) is 34.6 Å². The first-order chi connectivity index (χ1) is 46.1. The lowest BCUT2D eigenvalue weighted by atomic mass is 9.96. The van der Waals surface area contributed by atoms with E-state index in [1.54, 1.807) is 42.6 Å². The number of pyridine rings is 1. The maximum Gasteiger partial charge on any atom is 0.293 e. The second kappa shape index (κ2) is 30.2. The van der Waals surface area contributed by atoms with Crippen molar-refractivity contribution >= 4 is 84.9 Å². The van der Waals surface area contributed by atoms with Gasteiger partial charge in [-0.1, -0.05) is 41.9 Å². The van der Waals surface area contributed by atoms with Gasteiger partial charge < -0.3 is 49.1 Å². The number of imide groups is 2. The van der Waals surface area contributed by atoms with Crippen LogP contribution in [0.1, 0.15) is 75.2 Å². The van der Waals surface area contributed by atoms with E-state index in [0.29, 0.717) is 120 Å². The average Bonchev–Trinajstić information content (AvgIpc) is 1.63. The molecule has 27 heteroatoms. The predicted octanol–water partition coefficient (Wildman–Crippen LogP) is 8.50. The van der Waals surface area contributed by atoms with E-state index in [1.807, 2.05) is 42.5 Å². The van der Waals surface area contributed by atoms with Gasteiger partial charge in [0.05, 0.1) is 65.7 Å². The Labute approximate surface area is 553 Å². The Balaban J connectivity index is 0.625. The second-order valence-electron chi connectivity index (χ2n) is 24.2. The number of aromatic amines is 1. The van der Waals surface area contributed by atoms with Crippen molar-refractivity contribution in [3.05, 3.63) is 159 Å². The molecule has 1 unspecified atom stereocenters. The molecular formula is C68H74ClN11O14S. The van der Waals surface area contributed by atoms with Crippen LogP contribution in [0.4, 0.5) is 22.7 Å². The van der Waals surface area contributed by atoms with Crippen LogP contribution < -0.4 is 35.0 Å². The third-order valence-corrected chi connectivity index (χ3v) is 19.6. The van der Waals surface area contributed by atoms with Gasteiger partial charge in [0, 0.05) is 118 Å². The maximum absolute atomic E-state index is 14.2. The van der Waals surface area contributed by atoms with Crippen molar-refractivity contribution in [2.75, 3.05) is 121 Å². The van der Waals surface area contributed by atoms with Crippen molar-refractivity contribution in [3.63, 3.8) is 0 Å². The summed E-state index contributed by atoms with van der Waals surface area (Å²) in [6.45, 7) is 10.0. The zero-order valence-corrected chi connectivity index (χ0v) is 53.8. The Morgan fingerprint density at radius 2 is 1.53 bits per heavy atom. The summed E-state index contributed by atoms with van der Waals surface area (Å²) in [5.74, 6) is -1.41. The number of benzene rings is 5. The molecule has 0 aliphatic carbocycles. The van der Waals surface area contributed by atoms with Gasteiger partial charge in [-0.25, -0.2) is 18.1 Å². The number of piperidine rings is 2. The van der Waals surface area contributed by atoms with Crippen molar-refractivity contribution in [1.29, 1.82) is 0 Å². The number of H-pyrrole nitrogens is 1. The molecule has 25 nitrogen and oxygen atoms in total. The summed E-state index contributed by atoms with van der Waals surface area (Å²) in [6, 6.07) is 30.0. The first-order valence-electron chi connectivity index (χ1n) is 32.0. The Hall–Kier alpha value is -9.02. The summed E-state index contributed by atoms with van der Waals surface area (Å²) in [5.41, 5.74) is 5.02. The van der Waals surface area contributed by atoms with E-state index in [2.05, 4.69) is 51.4 Å². The summed E-state index contributed by atoms with van der Waals surface area (Å²) in [4.78, 5) is 91.5. The molecule has 2 aromatic heterocycles. The molecule has 1 atom stereocenters. The number of nitro benzene ring substituents is 1. The van der Waals surface area contributed by atoms with Crippen LogP contribution in [0.25, 0.3) is 22.2 Å². The molecule has 0 spiro atoms. The lowest BCUT2D eigenvalue weighted by Gasteiger charge is -2.37. The summed E-state index contributed by atoms with van der Waals surface area (Å²) in [7, 11) is -4.63. The fraction of sp³-hybridized carbons (Fsp3) is 0.382. The van der Waals surface area contributed by atoms with Crippen LogP contribution in [0.2, 0.25) is 5.02 Å². The molecule has 7 heterocycles. The number of halogens is 1. The fourth-order valence-electron chi connectivity index (χ4n) is 12.7. The molecule has 5 N–H and O–H groups in total. The van der Waals surface area contributed by atoms with E-state index in [-0.39, 0.29) is 46.9 Å². The normalized spacial score (nSPS) is 17.6. The summed E-state index contributed by atoms with van der Waals surface area (Å²) < 4.78 is 60.2. The lowest BCUT2D eigenvalue weighted by Crippen LogP contribution is -2.54. The highest BCUT2D eigenvalue weighted by molar-refractivity contribution is 7.90. The molecule has 0 radical (unpaired) electrons. The van der Waals surface area contributed by atoms with E-state index in [4.69, 9.17) is 35.3 Å². The van der Waals surface area contributed by atoms with Crippen LogP contribution in [0.15, 0.2) is 126 Å². The van der Waals surface area contributed by atoms with Crippen LogP contribution in [0.5, 0.6) is 17.2 Å². The van der Waals surface area contributed by atoms with Crippen LogP contribution in [-0.2, 0) is 40.4 Å². The molecule has 4 fully saturated rings. The number of anilines is 3. The molecule has 5 aliphatic rings. The topological polar surface area (TPSA) is 299 Å². The quantitative estimate of drug-likeness (QED) is 0.0139. The zero-order chi connectivity index (χ0) is 66.0. The molecule has 498 valence electrons. The summed E-state index contributed by atoms with van der Waals surface area (Å²) in [5, 5.41) is 22.1. The van der Waals surface area contributed by atoms with Crippen LogP contribution in [-0.4, -0.2) is 179 Å². The molecule has 5 amide bonds. The number of carbonyl (C=O) groups excluding carboxylic acids is 5. The van der Waals surface area contributed by atoms with Gasteiger partial charge in [0.2, 0.25) is 11.8 Å². The average molecular weight is 1340 g/mol. The molecule has 5 aromatic carbocycles. The van der Waals surface area contributed by atoms with Crippen molar-refractivity contribution in [1.82, 2.24) is 34.7 Å². The van der Waals surface area contributed by atoms with Crippen LogP contribution in [0.3, 0.4) is 0 Å². The number of fused-ring (bicyclic) bond motifs is 2. The Kier molecular flexibility index (Phi) is 21.0. The first-order valence-corrected chi connectivity index (χ1v) is 33.8. The zero-order valence-electron chi connectivity index (χ0n) is 52.2. The van der Waals surface area contributed by atoms with Crippen molar-refractivity contribution in [2.24, 2.45) is 11.8 Å². The number of nitrogens with zero attached hydrogens (tertiary/aromatic N) is 6. The number of sulfonamides is 1. The van der Waals surface area contributed by atoms with Crippen LogP contribution in [0, 0.1) is 22.0 Å². The number of rotatable bonds is 27. The Bertz CT molecular complexity index is 4100. The molecule has 7 aromatic rings. The minimum Gasteiger partial charge on any atom is -0.493 e. The van der Waals surface area contributed by atoms with Gasteiger partial charge in [-0.15, -0.1) is 0 Å². The third kappa shape index (κ3) is 15.9. The number of likely N-dealkylation sites (tertiary alicyclic amines) is 1. The molecule has 12 rings (SSSR count). The number of hydrogen-bond donors (Lipinski definition) is 5. The molecule has 95 heavy (non-hydrogen) atoms. The highest BCUT2D eigenvalue weighted by atomic mass is 35.5. The molecule has 4 saturated heterocycles. The Morgan fingerprint density at radius 1 is 0.758 bits per heavy atom. The van der Waals surface area contributed by atoms with E-state index in [9.17, 15) is 42.5 Å². The fourth-order valence-corrected chi connectivity index (χ4v) is 13.8. The number of nitro groups is 1. The number of aromatic nitrogens is 2. The number of amides is 5. The highest BCUT2D eigenvalue weighted by Gasteiger charge is 2.46. The smallest absolute Gasteiger partial charge is 0.293 e. The van der Waals surface area contributed by atoms with Gasteiger partial charge in [0.25, 0.3) is 33.4 Å². The first kappa shape index (κ1) is 66.0. The lowest BCUT2D eigenvalue weighted by molar-refractivity contribution is -0.384. The summed E-state index contributed by atoms with van der Waals surface area (Å²) in [6.07, 6.45) is 6.92. The van der Waals surface area contributed by atoms with Gasteiger partial charge in [-0.3, -0.25) is 49.2 Å². The van der Waals surface area contributed by atoms with Gasteiger partial charge >= 0.3 is 0 Å². The number of carbonyl (C=O) groups is 5. The largest absolute Gasteiger partial charge is 0.493 e. The second-order valence-corrected chi connectivity index (χ2v) is 26.3. The van der Waals surface area contributed by atoms with Gasteiger partial charge in [-0.2, -0.15) is 0 Å². The van der Waals surface area contributed by atoms with Crippen molar-refractivity contribution < 1.29 is 61.0 Å². The number of hydrogen-bond acceptors (Lipinski definition) is 20. The maximum atomic E-state index is 14.2. The minimum atomic E-state index is -4.63. The number of ether oxygens (including phenoxy) is 5. The van der Waals surface area contributed by atoms with E-state index in [1.165, 1.54) is 24.4 Å². The summed E-state index contributed by atoms with van der Waals surface area (Å²) >= 11 is 6.38. The molecular weight excluding hydrogens is 1260 g/mol. The van der Waals surface area contributed by atoms with Crippen LogP contribution >= 0.6 is 11.6 Å². The molecule has 5 aliphatic heterocycles. The molecule has 0 bridgehead atoms. The standard InChI is InChI=1S/C68H74ClN11O14S/c69-48-9-7-46(8-10-48)52-3-2-6-60(93-43-45-18-24-76(25-19-45)30-34-92-36-35-91-33-23-70-57-5-1-4-54-63(57)68(85)79(67(54)84)58-15-16-62(81)74-66(58)83)55(52)42-77-26-28-78(29-27-77)49-11-13-53(61(38-49)94-50-37-47-17-22-71-64(47)73-41-50)65(82)75-95(88,89)51-12-14-56(59(39-51)80(86)87)72-40-44-20-31-90-32-21-44/h1-14,17,22,37-39,41,44-45,58,70,72H,15-16,18-21,23-36,40,42-43H2,(H,71,73)(H,75,82)(H,74,81,83). The monoisotopic (exact) mass is 1340 g/mol. The van der Waals surface area contributed by atoms with E-state index in [0.717, 1.165) is 89.8 Å². The number of piperazine rings is 1. The SMILES string of the molecule is O=C1CCC(N2C(=O)c3cccc(NCCOCCOCCN4CCC(COc5cccc(-c6ccc(Cl)cc6)c5CN5CCN(c6ccc(C(=O)NS(=O)(=O)c7ccc(NCC8CCOCC8)c([N+](=O)[O-])c7)c(Oc7cnc8[nH]ccc8c7)c6)CC5)CC4)c3C2=O)C(=O)N1. The third-order valence-electron chi connectivity index (χ3n) is 18.0. The van der Waals surface area contributed by atoms with Crippen molar-refractivity contribution in [2.45, 2.75) is 56.0 Å². The predicted molar refractivity (Wildman–Crippen MR) is 355 cm³/mol. The van der Waals surface area contributed by atoms with E-state index >= 15 is 0 Å². The van der Waals surface area contributed by atoms with Gasteiger partial charge in [-0.05, 0) is 135 Å². The molecule has 0 saturated carbocycles.